The fourth-order valence-electron chi connectivity index (χ4n) is 4.51. The number of hydrogen-bond donors (Lipinski definition) is 0. The Kier molecular flexibility index (Phi) is 10.9. The molecule has 0 saturated heterocycles. The van der Waals surface area contributed by atoms with E-state index in [9.17, 15) is 0 Å². The number of fused-ring (bicyclic) bond motifs is 3. The van der Waals surface area contributed by atoms with Gasteiger partial charge in [-0.1, -0.05) is 84.1 Å². The van der Waals surface area contributed by atoms with Crippen LogP contribution in [0.25, 0.3) is 11.1 Å². The van der Waals surface area contributed by atoms with Crippen LogP contribution in [0.3, 0.4) is 0 Å². The topological polar surface area (TPSA) is 31.4 Å². The highest BCUT2D eigenvalue weighted by atomic mass is 16.5. The highest BCUT2D eigenvalue weighted by molar-refractivity contribution is 5.73. The van der Waals surface area contributed by atoms with Crippen molar-refractivity contribution < 1.29 is 9.47 Å². The molecule has 0 N–H and O–H groups in total. The van der Waals surface area contributed by atoms with E-state index in [-0.39, 0.29) is 0 Å². The van der Waals surface area contributed by atoms with Crippen LogP contribution in [0.5, 0.6) is 11.6 Å². The molecule has 1 aromatic heterocycles. The zero-order valence-corrected chi connectivity index (χ0v) is 20.5. The SMILES string of the molecule is CCCCCCCCCOc1ccc2c(n1)CCc1cc(OCCCCCCC)ccc1-2. The van der Waals surface area contributed by atoms with Gasteiger partial charge in [0.15, 0.2) is 0 Å². The van der Waals surface area contributed by atoms with Gasteiger partial charge in [0.1, 0.15) is 5.75 Å². The molecule has 2 aromatic rings. The van der Waals surface area contributed by atoms with Crippen LogP contribution in [-0.2, 0) is 12.8 Å². The van der Waals surface area contributed by atoms with Gasteiger partial charge in [-0.05, 0) is 55.0 Å². The molecule has 0 bridgehead atoms. The lowest BCUT2D eigenvalue weighted by Crippen LogP contribution is -2.08. The summed E-state index contributed by atoms with van der Waals surface area (Å²) in [6.07, 6.45) is 17.4. The molecule has 3 rings (SSSR count). The quantitative estimate of drug-likeness (QED) is 0.247. The first-order valence-electron chi connectivity index (χ1n) is 13.2. The maximum atomic E-state index is 6.02. The Morgan fingerprint density at radius 3 is 2.00 bits per heavy atom. The van der Waals surface area contributed by atoms with E-state index in [0.29, 0.717) is 0 Å². The minimum atomic E-state index is 0.773. The Morgan fingerprint density at radius 1 is 0.656 bits per heavy atom. The van der Waals surface area contributed by atoms with Crippen LogP contribution in [0.4, 0.5) is 0 Å². The molecule has 1 aromatic carbocycles. The third kappa shape index (κ3) is 7.83. The van der Waals surface area contributed by atoms with Crippen molar-refractivity contribution in [3.63, 3.8) is 0 Å². The van der Waals surface area contributed by atoms with Gasteiger partial charge in [0.25, 0.3) is 0 Å². The smallest absolute Gasteiger partial charge is 0.213 e. The standard InChI is InChI=1S/C29H43NO2/c1-3-5-7-9-10-12-14-22-32-29-20-18-27-26-17-16-25(31-21-13-11-8-6-4-2)23-24(26)15-19-28(27)30-29/h16-18,20,23H,3-15,19,21-22H2,1-2H3. The van der Waals surface area contributed by atoms with Gasteiger partial charge in [0, 0.05) is 11.6 Å². The predicted octanol–water partition coefficient (Wildman–Crippen LogP) is 8.33. The molecule has 0 saturated carbocycles. The minimum absolute atomic E-state index is 0.773. The van der Waals surface area contributed by atoms with Crippen molar-refractivity contribution in [1.82, 2.24) is 4.98 Å². The molecule has 0 atom stereocenters. The van der Waals surface area contributed by atoms with Crippen molar-refractivity contribution in [2.24, 2.45) is 0 Å². The summed E-state index contributed by atoms with van der Waals surface area (Å²) in [4.78, 5) is 4.82. The Labute approximate surface area is 195 Å². The molecule has 32 heavy (non-hydrogen) atoms. The third-order valence-corrected chi connectivity index (χ3v) is 6.46. The van der Waals surface area contributed by atoms with E-state index in [4.69, 9.17) is 14.5 Å². The van der Waals surface area contributed by atoms with E-state index >= 15 is 0 Å². The summed E-state index contributed by atoms with van der Waals surface area (Å²) in [5.74, 6) is 1.78. The Bertz CT molecular complexity index is 802. The van der Waals surface area contributed by atoms with Crippen LogP contribution >= 0.6 is 0 Å². The van der Waals surface area contributed by atoms with E-state index in [2.05, 4.69) is 38.1 Å². The fraction of sp³-hybridized carbons (Fsp3) is 0.621. The molecule has 3 nitrogen and oxygen atoms in total. The maximum Gasteiger partial charge on any atom is 0.213 e. The average molecular weight is 438 g/mol. The molecule has 0 unspecified atom stereocenters. The molecule has 176 valence electrons. The first-order valence-corrected chi connectivity index (χ1v) is 13.2. The molecule has 0 spiro atoms. The molecule has 0 fully saturated rings. The number of aromatic nitrogens is 1. The first-order chi connectivity index (χ1) is 15.8. The number of pyridine rings is 1. The number of rotatable bonds is 16. The number of hydrogen-bond acceptors (Lipinski definition) is 3. The second-order valence-electron chi connectivity index (χ2n) is 9.20. The highest BCUT2D eigenvalue weighted by Gasteiger charge is 2.18. The summed E-state index contributed by atoms with van der Waals surface area (Å²) < 4.78 is 12.0. The normalized spacial score (nSPS) is 12.3. The zero-order chi connectivity index (χ0) is 22.4. The van der Waals surface area contributed by atoms with E-state index in [1.165, 1.54) is 86.6 Å². The third-order valence-electron chi connectivity index (χ3n) is 6.46. The lowest BCUT2D eigenvalue weighted by molar-refractivity contribution is 0.292. The Balaban J connectivity index is 1.45. The van der Waals surface area contributed by atoms with E-state index < -0.39 is 0 Å². The van der Waals surface area contributed by atoms with Crippen LogP contribution in [-0.4, -0.2) is 18.2 Å². The van der Waals surface area contributed by atoms with Gasteiger partial charge in [-0.15, -0.1) is 0 Å². The van der Waals surface area contributed by atoms with Crippen LogP contribution in [0.2, 0.25) is 0 Å². The molecule has 0 radical (unpaired) electrons. The van der Waals surface area contributed by atoms with E-state index in [0.717, 1.165) is 50.5 Å². The number of ether oxygens (including phenoxy) is 2. The van der Waals surface area contributed by atoms with E-state index in [1.807, 2.05) is 6.07 Å². The number of aryl methyl sites for hydroxylation is 2. The summed E-state index contributed by atoms with van der Waals surface area (Å²) in [6, 6.07) is 10.8. The van der Waals surface area contributed by atoms with Gasteiger partial charge >= 0.3 is 0 Å². The fourth-order valence-corrected chi connectivity index (χ4v) is 4.51. The second kappa shape index (κ2) is 14.2. The van der Waals surface area contributed by atoms with Crippen LogP contribution in [0.1, 0.15) is 102 Å². The molecule has 3 heteroatoms. The van der Waals surface area contributed by atoms with Crippen molar-refractivity contribution in [2.75, 3.05) is 13.2 Å². The van der Waals surface area contributed by atoms with Crippen molar-refractivity contribution >= 4 is 0 Å². The maximum absolute atomic E-state index is 6.02. The van der Waals surface area contributed by atoms with Gasteiger partial charge in [0.05, 0.1) is 18.9 Å². The summed E-state index contributed by atoms with van der Waals surface area (Å²) in [5, 5.41) is 0. The van der Waals surface area contributed by atoms with Crippen molar-refractivity contribution in [2.45, 2.75) is 104 Å². The zero-order valence-electron chi connectivity index (χ0n) is 20.5. The molecular weight excluding hydrogens is 394 g/mol. The number of nitrogens with zero attached hydrogens (tertiary/aromatic N) is 1. The molecule has 1 heterocycles. The minimum Gasteiger partial charge on any atom is -0.494 e. The van der Waals surface area contributed by atoms with Crippen LogP contribution in [0, 0.1) is 0 Å². The Hall–Kier alpha value is -2.03. The molecule has 0 amide bonds. The lowest BCUT2D eigenvalue weighted by atomic mass is 9.88. The van der Waals surface area contributed by atoms with Crippen molar-refractivity contribution in [1.29, 1.82) is 0 Å². The summed E-state index contributed by atoms with van der Waals surface area (Å²) in [6.45, 7) is 6.11. The average Bonchev–Trinajstić information content (AvgIpc) is 2.82. The van der Waals surface area contributed by atoms with Gasteiger partial charge in [-0.25, -0.2) is 4.98 Å². The van der Waals surface area contributed by atoms with E-state index in [1.54, 1.807) is 0 Å². The van der Waals surface area contributed by atoms with Crippen LogP contribution < -0.4 is 9.47 Å². The number of unbranched alkanes of at least 4 members (excludes halogenated alkanes) is 10. The van der Waals surface area contributed by atoms with Crippen molar-refractivity contribution in [3.8, 4) is 22.8 Å². The molecular formula is C29H43NO2. The van der Waals surface area contributed by atoms with Crippen molar-refractivity contribution in [3.05, 3.63) is 41.6 Å². The summed E-state index contributed by atoms with van der Waals surface area (Å²) in [5.41, 5.74) is 5.09. The largest absolute Gasteiger partial charge is 0.494 e. The Morgan fingerprint density at radius 2 is 1.28 bits per heavy atom. The number of benzene rings is 1. The van der Waals surface area contributed by atoms with Gasteiger partial charge in [0.2, 0.25) is 5.88 Å². The highest BCUT2D eigenvalue weighted by Crippen LogP contribution is 2.35. The summed E-state index contributed by atoms with van der Waals surface area (Å²) >= 11 is 0. The van der Waals surface area contributed by atoms with Gasteiger partial charge in [-0.3, -0.25) is 0 Å². The summed E-state index contributed by atoms with van der Waals surface area (Å²) in [7, 11) is 0. The molecule has 0 aliphatic heterocycles. The molecule has 1 aliphatic rings. The lowest BCUT2D eigenvalue weighted by Gasteiger charge is -2.20. The monoisotopic (exact) mass is 437 g/mol. The van der Waals surface area contributed by atoms with Gasteiger partial charge < -0.3 is 9.47 Å². The van der Waals surface area contributed by atoms with Crippen LogP contribution in [0.15, 0.2) is 30.3 Å². The first kappa shape index (κ1) is 24.6. The molecule has 1 aliphatic carbocycles. The van der Waals surface area contributed by atoms with Gasteiger partial charge in [-0.2, -0.15) is 0 Å². The second-order valence-corrected chi connectivity index (χ2v) is 9.20. The predicted molar refractivity (Wildman–Crippen MR) is 135 cm³/mol.